The van der Waals surface area contributed by atoms with E-state index in [0.717, 1.165) is 59.6 Å². The van der Waals surface area contributed by atoms with Gasteiger partial charge in [-0.3, -0.25) is 39.1 Å². The third-order valence-corrected chi connectivity index (χ3v) is 8.71. The van der Waals surface area contributed by atoms with Crippen LogP contribution in [0.2, 0.25) is 0 Å². The molecule has 4 amide bonds. The highest BCUT2D eigenvalue weighted by atomic mass is 16.2. The van der Waals surface area contributed by atoms with Gasteiger partial charge in [0.2, 0.25) is 11.8 Å². The van der Waals surface area contributed by atoms with E-state index in [4.69, 9.17) is 0 Å². The molecule has 0 spiro atoms. The fourth-order valence-electron chi connectivity index (χ4n) is 6.25. The second kappa shape index (κ2) is 11.0. The lowest BCUT2D eigenvalue weighted by Gasteiger charge is -2.35. The Hall–Kier alpha value is -5.44. The van der Waals surface area contributed by atoms with Gasteiger partial charge in [-0.2, -0.15) is 10.4 Å². The maximum Gasteiger partial charge on any atom is 0.262 e. The molecule has 44 heavy (non-hydrogen) atoms. The molecular formula is C32H28N8O4. The number of rotatable bonds is 8. The zero-order valence-corrected chi connectivity index (χ0v) is 23.7. The van der Waals surface area contributed by atoms with Crippen LogP contribution in [0.3, 0.4) is 0 Å². The number of hydrogen-bond donors (Lipinski definition) is 2. The van der Waals surface area contributed by atoms with Crippen molar-refractivity contribution in [3.8, 4) is 17.3 Å². The van der Waals surface area contributed by atoms with Gasteiger partial charge >= 0.3 is 0 Å². The zero-order chi connectivity index (χ0) is 30.4. The predicted molar refractivity (Wildman–Crippen MR) is 158 cm³/mol. The third-order valence-electron chi connectivity index (χ3n) is 8.71. The van der Waals surface area contributed by atoms with Gasteiger partial charge < -0.3 is 5.32 Å². The number of anilines is 1. The van der Waals surface area contributed by atoms with Crippen LogP contribution in [0.5, 0.6) is 0 Å². The number of amides is 4. The second-order valence-electron chi connectivity index (χ2n) is 11.5. The van der Waals surface area contributed by atoms with Crippen LogP contribution in [0.4, 0.5) is 5.69 Å². The lowest BCUT2D eigenvalue weighted by atomic mass is 9.77. The molecule has 1 unspecified atom stereocenters. The number of fused-ring (bicyclic) bond motifs is 2. The first kappa shape index (κ1) is 27.4. The number of piperidine rings is 1. The van der Waals surface area contributed by atoms with Gasteiger partial charge in [0, 0.05) is 30.4 Å². The summed E-state index contributed by atoms with van der Waals surface area (Å²) >= 11 is 0. The Kier molecular flexibility index (Phi) is 6.85. The zero-order valence-electron chi connectivity index (χ0n) is 23.7. The van der Waals surface area contributed by atoms with Gasteiger partial charge in [0.05, 0.1) is 57.9 Å². The number of carbonyl (C=O) groups is 4. The molecule has 1 aliphatic carbocycles. The van der Waals surface area contributed by atoms with E-state index in [1.165, 1.54) is 0 Å². The van der Waals surface area contributed by atoms with Crippen LogP contribution in [0, 0.1) is 17.2 Å². The molecule has 12 heteroatoms. The van der Waals surface area contributed by atoms with Crippen molar-refractivity contribution in [1.82, 2.24) is 30.0 Å². The molecule has 1 saturated heterocycles. The van der Waals surface area contributed by atoms with Crippen molar-refractivity contribution in [3.05, 3.63) is 71.7 Å². The monoisotopic (exact) mass is 588 g/mol. The Morgan fingerprint density at radius 1 is 1.00 bits per heavy atom. The lowest BCUT2D eigenvalue weighted by molar-refractivity contribution is -0.136. The van der Waals surface area contributed by atoms with Gasteiger partial charge in [0.15, 0.2) is 0 Å². The molecular weight excluding hydrogens is 560 g/mol. The molecule has 2 aromatic carbocycles. The molecule has 2 fully saturated rings. The van der Waals surface area contributed by atoms with Crippen LogP contribution in [0.1, 0.15) is 70.8 Å². The highest BCUT2D eigenvalue weighted by Gasteiger charge is 2.44. The average molecular weight is 589 g/mol. The number of aromatic nitrogens is 4. The normalized spacial score (nSPS) is 21.2. The minimum Gasteiger partial charge on any atom is -0.385 e. The fourth-order valence-corrected chi connectivity index (χ4v) is 6.25. The van der Waals surface area contributed by atoms with Gasteiger partial charge in [0.25, 0.3) is 11.8 Å². The molecule has 1 saturated carbocycles. The maximum atomic E-state index is 13.0. The number of nitrogens with zero attached hydrogens (tertiary/aromatic N) is 6. The van der Waals surface area contributed by atoms with Crippen molar-refractivity contribution in [1.29, 1.82) is 5.26 Å². The number of carbonyl (C=O) groups excluding carboxylic acids is 4. The van der Waals surface area contributed by atoms with E-state index >= 15 is 0 Å². The van der Waals surface area contributed by atoms with E-state index in [-0.39, 0.29) is 24.0 Å². The van der Waals surface area contributed by atoms with Crippen molar-refractivity contribution in [3.63, 3.8) is 0 Å². The topological polar surface area (TPSA) is 163 Å². The quantitative estimate of drug-likeness (QED) is 0.231. The molecule has 3 aliphatic rings. The second-order valence-corrected chi connectivity index (χ2v) is 11.5. The number of benzene rings is 2. The van der Waals surface area contributed by atoms with Crippen LogP contribution in [-0.4, -0.2) is 60.9 Å². The van der Waals surface area contributed by atoms with Crippen LogP contribution >= 0.6 is 0 Å². The fraction of sp³-hybridized carbons (Fsp3) is 0.312. The highest BCUT2D eigenvalue weighted by Crippen LogP contribution is 2.40. The number of nitrogens with one attached hydrogen (secondary N) is 2. The third kappa shape index (κ3) is 4.96. The van der Waals surface area contributed by atoms with E-state index < -0.39 is 29.7 Å². The summed E-state index contributed by atoms with van der Waals surface area (Å²) in [6.45, 7) is 0.721. The van der Waals surface area contributed by atoms with Crippen LogP contribution < -0.4 is 10.6 Å². The molecule has 1 atom stereocenters. The van der Waals surface area contributed by atoms with Crippen LogP contribution in [0.15, 0.2) is 55.0 Å². The molecule has 220 valence electrons. The Morgan fingerprint density at radius 2 is 1.84 bits per heavy atom. The van der Waals surface area contributed by atoms with Crippen LogP contribution in [-0.2, 0) is 9.59 Å². The summed E-state index contributed by atoms with van der Waals surface area (Å²) in [6, 6.07) is 11.8. The standard InChI is InChI=1S/C32H28N8O4/c33-14-19-3-6-25-26(12-19)37-27(16-35-25)20-15-36-39(17-20)22-10-18(11-22)2-1-9-34-21-4-5-23-24(13-21)32(44)40(31(23)43)28-7-8-29(41)38-30(28)42/h3-6,12-13,15-18,22,28,34H,1-2,7-11H2,(H,38,41,42). The van der Waals surface area contributed by atoms with Crippen LogP contribution in [0.25, 0.3) is 22.3 Å². The highest BCUT2D eigenvalue weighted by molar-refractivity contribution is 6.23. The average Bonchev–Trinajstić information content (AvgIpc) is 3.58. The SMILES string of the molecule is N#Cc1ccc2ncc(-c3cnn(C4CC(CCCNc5ccc6c(c5)C(=O)N(C5CCC(=O)NC5=O)C6=O)C4)c3)nc2c1. The molecule has 12 nitrogen and oxygen atoms in total. The van der Waals surface area contributed by atoms with Gasteiger partial charge in [0.1, 0.15) is 6.04 Å². The maximum absolute atomic E-state index is 13.0. The molecule has 2 N–H and O–H groups in total. The molecule has 0 bridgehead atoms. The first-order valence-electron chi connectivity index (χ1n) is 14.7. The van der Waals surface area contributed by atoms with E-state index in [1.807, 2.05) is 10.9 Å². The summed E-state index contributed by atoms with van der Waals surface area (Å²) in [6.07, 6.45) is 9.86. The van der Waals surface area contributed by atoms with Crippen molar-refractivity contribution < 1.29 is 19.2 Å². The van der Waals surface area contributed by atoms with Crippen molar-refractivity contribution in [2.45, 2.75) is 50.6 Å². The van der Waals surface area contributed by atoms with E-state index in [2.05, 4.69) is 31.8 Å². The van der Waals surface area contributed by atoms with Crippen molar-refractivity contribution in [2.75, 3.05) is 11.9 Å². The van der Waals surface area contributed by atoms with Crippen molar-refractivity contribution >= 4 is 40.3 Å². The molecule has 4 aromatic rings. The van der Waals surface area contributed by atoms with Gasteiger partial charge in [-0.05, 0) is 74.4 Å². The summed E-state index contributed by atoms with van der Waals surface area (Å²) in [4.78, 5) is 59.8. The lowest BCUT2D eigenvalue weighted by Crippen LogP contribution is -2.54. The first-order valence-corrected chi connectivity index (χ1v) is 14.7. The summed E-state index contributed by atoms with van der Waals surface area (Å²) in [7, 11) is 0. The molecule has 7 rings (SSSR count). The summed E-state index contributed by atoms with van der Waals surface area (Å²) < 4.78 is 2.00. The predicted octanol–water partition coefficient (Wildman–Crippen LogP) is 3.61. The van der Waals surface area contributed by atoms with Gasteiger partial charge in [-0.15, -0.1) is 0 Å². The number of nitriles is 1. The Morgan fingerprint density at radius 3 is 2.66 bits per heavy atom. The smallest absolute Gasteiger partial charge is 0.262 e. The minimum absolute atomic E-state index is 0.0908. The number of imide groups is 2. The van der Waals surface area contributed by atoms with E-state index in [1.54, 1.807) is 48.8 Å². The molecule has 2 aliphatic heterocycles. The Labute approximate surface area is 252 Å². The van der Waals surface area contributed by atoms with E-state index in [9.17, 15) is 24.4 Å². The van der Waals surface area contributed by atoms with Gasteiger partial charge in [-0.1, -0.05) is 0 Å². The summed E-state index contributed by atoms with van der Waals surface area (Å²) in [5.74, 6) is -1.43. The largest absolute Gasteiger partial charge is 0.385 e. The Balaban J connectivity index is 0.893. The summed E-state index contributed by atoms with van der Waals surface area (Å²) in [5.41, 5.74) is 4.87. The molecule has 0 radical (unpaired) electrons. The molecule has 2 aromatic heterocycles. The Bertz CT molecular complexity index is 1890. The van der Waals surface area contributed by atoms with E-state index in [0.29, 0.717) is 23.0 Å². The molecule has 4 heterocycles. The minimum atomic E-state index is -0.970. The van der Waals surface area contributed by atoms with Crippen molar-refractivity contribution in [2.24, 2.45) is 5.92 Å². The van der Waals surface area contributed by atoms with Gasteiger partial charge in [-0.25, -0.2) is 4.98 Å². The summed E-state index contributed by atoms with van der Waals surface area (Å²) in [5, 5.41) is 19.3. The number of hydrogen-bond acceptors (Lipinski definition) is 9. The first-order chi connectivity index (χ1) is 21.4.